The first kappa shape index (κ1) is 14.5. The average Bonchev–Trinajstić information content (AvgIpc) is 2.32. The van der Waals surface area contributed by atoms with E-state index in [1.54, 1.807) is 19.1 Å². The zero-order chi connectivity index (χ0) is 14.9. The summed E-state index contributed by atoms with van der Waals surface area (Å²) in [6.45, 7) is 3.56. The molecule has 0 aliphatic heterocycles. The Morgan fingerprint density at radius 1 is 0.950 bits per heavy atom. The van der Waals surface area contributed by atoms with Crippen LogP contribution in [0, 0.1) is 25.5 Å². The monoisotopic (exact) mass is 297 g/mol. The molecule has 0 bridgehead atoms. The highest BCUT2D eigenvalue weighted by Crippen LogP contribution is 2.22. The van der Waals surface area contributed by atoms with Crippen LogP contribution in [0.4, 0.5) is 14.5 Å². The molecule has 2 rings (SSSR count). The molecule has 0 saturated carbocycles. The highest BCUT2D eigenvalue weighted by Gasteiger charge is 2.17. The molecule has 106 valence electrons. The average molecular weight is 297 g/mol. The van der Waals surface area contributed by atoms with Crippen LogP contribution in [0.1, 0.15) is 11.1 Å². The summed E-state index contributed by atoms with van der Waals surface area (Å²) in [6.07, 6.45) is 0. The van der Waals surface area contributed by atoms with Gasteiger partial charge in [0.2, 0.25) is 0 Å². The van der Waals surface area contributed by atoms with Crippen LogP contribution in [-0.2, 0) is 10.0 Å². The van der Waals surface area contributed by atoms with Crippen molar-refractivity contribution in [3.05, 3.63) is 59.2 Å². The Morgan fingerprint density at radius 2 is 1.55 bits per heavy atom. The Kier molecular flexibility index (Phi) is 3.76. The Morgan fingerprint density at radius 3 is 2.15 bits per heavy atom. The van der Waals surface area contributed by atoms with Crippen LogP contribution < -0.4 is 4.72 Å². The van der Waals surface area contributed by atoms with Gasteiger partial charge in [-0.1, -0.05) is 12.1 Å². The highest BCUT2D eigenvalue weighted by molar-refractivity contribution is 7.92. The van der Waals surface area contributed by atoms with E-state index in [0.717, 1.165) is 23.3 Å². The molecule has 2 aromatic rings. The molecule has 0 atom stereocenters. The van der Waals surface area contributed by atoms with Gasteiger partial charge in [-0.05, 0) is 43.2 Å². The van der Waals surface area contributed by atoms with Crippen LogP contribution >= 0.6 is 0 Å². The molecule has 0 aromatic heterocycles. The van der Waals surface area contributed by atoms with E-state index in [2.05, 4.69) is 4.72 Å². The van der Waals surface area contributed by atoms with Crippen LogP contribution in [0.3, 0.4) is 0 Å². The lowest BCUT2D eigenvalue weighted by atomic mass is 10.1. The van der Waals surface area contributed by atoms with E-state index in [4.69, 9.17) is 0 Å². The molecule has 6 heteroatoms. The summed E-state index contributed by atoms with van der Waals surface area (Å²) in [4.78, 5) is -0.448. The van der Waals surface area contributed by atoms with Crippen molar-refractivity contribution in [2.75, 3.05) is 4.72 Å². The first-order chi connectivity index (χ1) is 9.28. The summed E-state index contributed by atoms with van der Waals surface area (Å²) in [7, 11) is -4.03. The standard InChI is InChI=1S/C14H13F2NO2S/c1-9-3-4-10(2)14(5-9)17-20(18,19)13-7-11(15)6-12(16)8-13/h3-8,17H,1-2H3. The molecule has 2 aromatic carbocycles. The third-order valence-corrected chi connectivity index (χ3v) is 4.13. The third kappa shape index (κ3) is 3.14. The lowest BCUT2D eigenvalue weighted by Gasteiger charge is -2.11. The number of hydrogen-bond acceptors (Lipinski definition) is 2. The molecule has 0 fully saturated rings. The number of rotatable bonds is 3. The van der Waals surface area contributed by atoms with Gasteiger partial charge in [0.1, 0.15) is 11.6 Å². The van der Waals surface area contributed by atoms with Gasteiger partial charge in [-0.3, -0.25) is 4.72 Å². The minimum Gasteiger partial charge on any atom is -0.279 e. The van der Waals surface area contributed by atoms with Crippen molar-refractivity contribution in [3.8, 4) is 0 Å². The predicted molar refractivity (Wildman–Crippen MR) is 73.1 cm³/mol. The van der Waals surface area contributed by atoms with E-state index in [0.29, 0.717) is 11.8 Å². The SMILES string of the molecule is Cc1ccc(C)c(NS(=O)(=O)c2cc(F)cc(F)c2)c1. The molecule has 0 aliphatic carbocycles. The summed E-state index contributed by atoms with van der Waals surface area (Å²) >= 11 is 0. The van der Waals surface area contributed by atoms with Crippen LogP contribution in [0.5, 0.6) is 0 Å². The summed E-state index contributed by atoms with van der Waals surface area (Å²) in [5, 5.41) is 0. The molecular formula is C14H13F2NO2S. The van der Waals surface area contributed by atoms with E-state index >= 15 is 0 Å². The summed E-state index contributed by atoms with van der Waals surface area (Å²) in [5.41, 5.74) is 1.98. The normalized spacial score (nSPS) is 11.4. The molecule has 0 aliphatic rings. The van der Waals surface area contributed by atoms with Gasteiger partial charge >= 0.3 is 0 Å². The Balaban J connectivity index is 2.43. The maximum Gasteiger partial charge on any atom is 0.262 e. The second-order valence-corrected chi connectivity index (χ2v) is 6.21. The number of sulfonamides is 1. The molecular weight excluding hydrogens is 284 g/mol. The van der Waals surface area contributed by atoms with Crippen molar-refractivity contribution in [1.82, 2.24) is 0 Å². The smallest absolute Gasteiger partial charge is 0.262 e. The molecule has 3 nitrogen and oxygen atoms in total. The molecule has 0 amide bonds. The molecule has 20 heavy (non-hydrogen) atoms. The Hall–Kier alpha value is -1.95. The van der Waals surface area contributed by atoms with Gasteiger partial charge in [-0.15, -0.1) is 0 Å². The van der Waals surface area contributed by atoms with E-state index in [9.17, 15) is 17.2 Å². The number of benzene rings is 2. The summed E-state index contributed by atoms with van der Waals surface area (Å²) in [6, 6.07) is 7.43. The molecule has 0 spiro atoms. The van der Waals surface area contributed by atoms with Gasteiger partial charge in [0, 0.05) is 6.07 Å². The lowest BCUT2D eigenvalue weighted by Crippen LogP contribution is -2.14. The maximum absolute atomic E-state index is 13.1. The number of anilines is 1. The molecule has 0 radical (unpaired) electrons. The van der Waals surface area contributed by atoms with Gasteiger partial charge in [-0.2, -0.15) is 0 Å². The topological polar surface area (TPSA) is 46.2 Å². The fourth-order valence-electron chi connectivity index (χ4n) is 1.73. The Bertz CT molecular complexity index is 738. The van der Waals surface area contributed by atoms with E-state index in [1.165, 1.54) is 0 Å². The van der Waals surface area contributed by atoms with Crippen LogP contribution in [-0.4, -0.2) is 8.42 Å². The van der Waals surface area contributed by atoms with Gasteiger partial charge in [0.15, 0.2) is 0 Å². The fraction of sp³-hybridized carbons (Fsp3) is 0.143. The van der Waals surface area contributed by atoms with Crippen molar-refractivity contribution < 1.29 is 17.2 Å². The largest absolute Gasteiger partial charge is 0.279 e. The van der Waals surface area contributed by atoms with Crippen molar-refractivity contribution in [2.45, 2.75) is 18.7 Å². The van der Waals surface area contributed by atoms with Crippen molar-refractivity contribution >= 4 is 15.7 Å². The van der Waals surface area contributed by atoms with Crippen molar-refractivity contribution in [2.24, 2.45) is 0 Å². The molecule has 0 saturated heterocycles. The number of halogens is 2. The zero-order valence-electron chi connectivity index (χ0n) is 10.9. The van der Waals surface area contributed by atoms with Crippen molar-refractivity contribution in [3.63, 3.8) is 0 Å². The predicted octanol–water partition coefficient (Wildman–Crippen LogP) is 3.38. The van der Waals surface area contributed by atoms with Crippen LogP contribution in [0.15, 0.2) is 41.3 Å². The second kappa shape index (κ2) is 5.20. The minimum absolute atomic E-state index is 0.384. The minimum atomic E-state index is -4.03. The Labute approximate surface area is 116 Å². The van der Waals surface area contributed by atoms with Gasteiger partial charge < -0.3 is 0 Å². The summed E-state index contributed by atoms with van der Waals surface area (Å²) in [5.74, 6) is -1.88. The maximum atomic E-state index is 13.1. The fourth-order valence-corrected chi connectivity index (χ4v) is 2.90. The van der Waals surface area contributed by atoms with Crippen LogP contribution in [0.25, 0.3) is 0 Å². The third-order valence-electron chi connectivity index (χ3n) is 2.78. The lowest BCUT2D eigenvalue weighted by molar-refractivity contribution is 0.568. The first-order valence-corrected chi connectivity index (χ1v) is 7.32. The van der Waals surface area contributed by atoms with E-state index in [-0.39, 0.29) is 0 Å². The number of aryl methyl sites for hydroxylation is 2. The van der Waals surface area contributed by atoms with Crippen molar-refractivity contribution in [1.29, 1.82) is 0 Å². The van der Waals surface area contributed by atoms with Crippen LogP contribution in [0.2, 0.25) is 0 Å². The summed E-state index contributed by atoms with van der Waals surface area (Å²) < 4.78 is 52.8. The van der Waals surface area contributed by atoms with Gasteiger partial charge in [-0.25, -0.2) is 17.2 Å². The highest BCUT2D eigenvalue weighted by atomic mass is 32.2. The number of hydrogen-bond donors (Lipinski definition) is 1. The second-order valence-electron chi connectivity index (χ2n) is 4.53. The zero-order valence-corrected chi connectivity index (χ0v) is 11.8. The first-order valence-electron chi connectivity index (χ1n) is 5.84. The number of nitrogens with one attached hydrogen (secondary N) is 1. The van der Waals surface area contributed by atoms with Gasteiger partial charge in [0.25, 0.3) is 10.0 Å². The van der Waals surface area contributed by atoms with E-state index in [1.807, 2.05) is 13.0 Å². The molecule has 1 N–H and O–H groups in total. The van der Waals surface area contributed by atoms with E-state index < -0.39 is 26.6 Å². The molecule has 0 unspecified atom stereocenters. The quantitative estimate of drug-likeness (QED) is 0.944. The van der Waals surface area contributed by atoms with Gasteiger partial charge in [0.05, 0.1) is 10.6 Å². The molecule has 0 heterocycles.